The number of halogens is 1. The Labute approximate surface area is 125 Å². The Hall–Kier alpha value is -1.11. The summed E-state index contributed by atoms with van der Waals surface area (Å²) in [4.78, 5) is 0. The van der Waals surface area contributed by atoms with Crippen LogP contribution in [-0.2, 0) is 10.0 Å². The Morgan fingerprint density at radius 3 is 2.42 bits per heavy atom. The lowest BCUT2D eigenvalue weighted by Crippen LogP contribution is -2.30. The molecule has 0 fully saturated rings. The second-order valence-corrected chi connectivity index (χ2v) is 8.27. The van der Waals surface area contributed by atoms with Crippen molar-refractivity contribution in [3.63, 3.8) is 0 Å². The second-order valence-electron chi connectivity index (χ2n) is 3.72. The van der Waals surface area contributed by atoms with E-state index in [4.69, 9.17) is 0 Å². The molecule has 0 aliphatic carbocycles. The van der Waals surface area contributed by atoms with Crippen LogP contribution in [0.3, 0.4) is 0 Å². The van der Waals surface area contributed by atoms with E-state index in [9.17, 15) is 8.42 Å². The van der Waals surface area contributed by atoms with E-state index >= 15 is 0 Å². The van der Waals surface area contributed by atoms with E-state index in [2.05, 4.69) is 22.5 Å². The Bertz CT molecular complexity index is 665. The van der Waals surface area contributed by atoms with Crippen molar-refractivity contribution in [2.45, 2.75) is 4.21 Å². The predicted molar refractivity (Wildman–Crippen MR) is 83.2 cm³/mol. The number of benzene rings is 1. The molecule has 0 bridgehead atoms. The number of sulfonamides is 1. The Kier molecular flexibility index (Phi) is 4.44. The number of anilines is 1. The third kappa shape index (κ3) is 3.08. The average molecular weight is 358 g/mol. The highest BCUT2D eigenvalue weighted by molar-refractivity contribution is 9.11. The third-order valence-electron chi connectivity index (χ3n) is 2.43. The van der Waals surface area contributed by atoms with Crippen LogP contribution in [0.15, 0.2) is 63.1 Å². The van der Waals surface area contributed by atoms with Gasteiger partial charge in [0.15, 0.2) is 0 Å². The smallest absolute Gasteiger partial charge is 0.262 e. The molecule has 19 heavy (non-hydrogen) atoms. The molecule has 1 heterocycles. The monoisotopic (exact) mass is 357 g/mol. The summed E-state index contributed by atoms with van der Waals surface area (Å²) in [7, 11) is -3.54. The molecule has 0 saturated heterocycles. The fourth-order valence-corrected chi connectivity index (χ4v) is 5.16. The second kappa shape index (κ2) is 5.90. The topological polar surface area (TPSA) is 37.4 Å². The van der Waals surface area contributed by atoms with Gasteiger partial charge in [0.1, 0.15) is 4.21 Å². The number of nitrogens with zero attached hydrogens (tertiary/aromatic N) is 1. The van der Waals surface area contributed by atoms with Crippen molar-refractivity contribution in [1.29, 1.82) is 0 Å². The molecular weight excluding hydrogens is 346 g/mol. The number of para-hydroxylation sites is 1. The van der Waals surface area contributed by atoms with Gasteiger partial charge in [-0.15, -0.1) is 17.9 Å². The van der Waals surface area contributed by atoms with E-state index < -0.39 is 10.0 Å². The minimum atomic E-state index is -3.54. The lowest BCUT2D eigenvalue weighted by molar-refractivity contribution is 0.595. The van der Waals surface area contributed by atoms with Crippen molar-refractivity contribution in [2.24, 2.45) is 0 Å². The van der Waals surface area contributed by atoms with E-state index in [0.717, 1.165) is 3.79 Å². The van der Waals surface area contributed by atoms with Gasteiger partial charge in [-0.3, -0.25) is 4.31 Å². The molecule has 0 aliphatic heterocycles. The van der Waals surface area contributed by atoms with Crippen molar-refractivity contribution in [3.8, 4) is 0 Å². The first-order chi connectivity index (χ1) is 9.05. The quantitative estimate of drug-likeness (QED) is 0.761. The zero-order chi connectivity index (χ0) is 13.9. The minimum absolute atomic E-state index is 0.238. The molecule has 1 aromatic carbocycles. The van der Waals surface area contributed by atoms with Crippen molar-refractivity contribution < 1.29 is 8.42 Å². The SMILES string of the molecule is C=CCN(c1ccccc1)S(=O)(=O)c1ccc(Br)s1. The number of hydrogen-bond donors (Lipinski definition) is 0. The van der Waals surface area contributed by atoms with Gasteiger partial charge in [0.05, 0.1) is 16.0 Å². The zero-order valence-corrected chi connectivity index (χ0v) is 13.2. The van der Waals surface area contributed by atoms with Crippen molar-refractivity contribution in [2.75, 3.05) is 10.8 Å². The van der Waals surface area contributed by atoms with Crippen LogP contribution in [-0.4, -0.2) is 15.0 Å². The molecule has 3 nitrogen and oxygen atoms in total. The van der Waals surface area contributed by atoms with E-state index in [-0.39, 0.29) is 6.54 Å². The van der Waals surface area contributed by atoms with Crippen LogP contribution in [0.4, 0.5) is 5.69 Å². The maximum atomic E-state index is 12.6. The molecule has 0 atom stereocenters. The van der Waals surface area contributed by atoms with Gasteiger partial charge in [0.25, 0.3) is 10.0 Å². The molecule has 0 spiro atoms. The number of thiophene rings is 1. The van der Waals surface area contributed by atoms with Gasteiger partial charge in [-0.25, -0.2) is 8.42 Å². The Morgan fingerprint density at radius 2 is 1.89 bits per heavy atom. The van der Waals surface area contributed by atoms with E-state index in [1.165, 1.54) is 15.6 Å². The maximum absolute atomic E-state index is 12.6. The van der Waals surface area contributed by atoms with Gasteiger partial charge in [0, 0.05) is 0 Å². The first kappa shape index (κ1) is 14.3. The molecule has 6 heteroatoms. The molecule has 2 rings (SSSR count). The summed E-state index contributed by atoms with van der Waals surface area (Å²) < 4.78 is 27.7. The third-order valence-corrected chi connectivity index (χ3v) is 6.32. The van der Waals surface area contributed by atoms with Crippen LogP contribution >= 0.6 is 27.3 Å². The van der Waals surface area contributed by atoms with Crippen LogP contribution < -0.4 is 4.31 Å². The van der Waals surface area contributed by atoms with Gasteiger partial charge in [-0.05, 0) is 40.2 Å². The van der Waals surface area contributed by atoms with E-state index in [1.54, 1.807) is 30.3 Å². The highest BCUT2D eigenvalue weighted by atomic mass is 79.9. The van der Waals surface area contributed by atoms with Gasteiger partial charge in [0.2, 0.25) is 0 Å². The predicted octanol–water partition coefficient (Wildman–Crippen LogP) is 3.89. The van der Waals surface area contributed by atoms with Gasteiger partial charge < -0.3 is 0 Å². The summed E-state index contributed by atoms with van der Waals surface area (Å²) in [5.41, 5.74) is 0.631. The molecule has 2 aromatic rings. The normalized spacial score (nSPS) is 11.2. The summed E-state index contributed by atoms with van der Waals surface area (Å²) in [6.45, 7) is 3.86. The fourth-order valence-electron chi connectivity index (χ4n) is 1.60. The number of hydrogen-bond acceptors (Lipinski definition) is 3. The van der Waals surface area contributed by atoms with Crippen LogP contribution in [0, 0.1) is 0 Å². The largest absolute Gasteiger partial charge is 0.274 e. The molecule has 0 amide bonds. The van der Waals surface area contributed by atoms with Gasteiger partial charge in [-0.1, -0.05) is 24.3 Å². The Morgan fingerprint density at radius 1 is 1.21 bits per heavy atom. The summed E-state index contributed by atoms with van der Waals surface area (Å²) in [6, 6.07) is 12.3. The molecule has 0 aliphatic rings. The molecule has 0 N–H and O–H groups in total. The van der Waals surface area contributed by atoms with Crippen molar-refractivity contribution >= 4 is 43.0 Å². The molecular formula is C13H12BrNO2S2. The standard InChI is InChI=1S/C13H12BrNO2S2/c1-2-10-15(11-6-4-3-5-7-11)19(16,17)13-9-8-12(14)18-13/h2-9H,1,10H2. The summed E-state index contributed by atoms with van der Waals surface area (Å²) >= 11 is 4.48. The first-order valence-electron chi connectivity index (χ1n) is 5.49. The fraction of sp³-hybridized carbons (Fsp3) is 0.0769. The summed E-state index contributed by atoms with van der Waals surface area (Å²) in [5, 5.41) is 0. The minimum Gasteiger partial charge on any atom is -0.262 e. The van der Waals surface area contributed by atoms with Crippen LogP contribution in [0.2, 0.25) is 0 Å². The molecule has 1 aromatic heterocycles. The number of rotatable bonds is 5. The summed E-state index contributed by atoms with van der Waals surface area (Å²) in [6.07, 6.45) is 1.58. The van der Waals surface area contributed by atoms with E-state index in [0.29, 0.717) is 9.90 Å². The molecule has 0 saturated carbocycles. The molecule has 100 valence electrons. The zero-order valence-electron chi connectivity index (χ0n) is 9.99. The van der Waals surface area contributed by atoms with Gasteiger partial charge in [-0.2, -0.15) is 0 Å². The highest BCUT2D eigenvalue weighted by Crippen LogP contribution is 2.30. The van der Waals surface area contributed by atoms with Crippen molar-refractivity contribution in [3.05, 3.63) is 58.9 Å². The van der Waals surface area contributed by atoms with Crippen LogP contribution in [0.5, 0.6) is 0 Å². The summed E-state index contributed by atoms with van der Waals surface area (Å²) in [5.74, 6) is 0. The first-order valence-corrected chi connectivity index (χ1v) is 8.54. The lowest BCUT2D eigenvalue weighted by Gasteiger charge is -2.22. The lowest BCUT2D eigenvalue weighted by atomic mass is 10.3. The highest BCUT2D eigenvalue weighted by Gasteiger charge is 2.25. The molecule has 0 radical (unpaired) electrons. The van der Waals surface area contributed by atoms with Gasteiger partial charge >= 0.3 is 0 Å². The van der Waals surface area contributed by atoms with Crippen LogP contribution in [0.25, 0.3) is 0 Å². The van der Waals surface area contributed by atoms with Crippen LogP contribution in [0.1, 0.15) is 0 Å². The average Bonchev–Trinajstić information content (AvgIpc) is 2.84. The maximum Gasteiger partial charge on any atom is 0.274 e. The van der Waals surface area contributed by atoms with Crippen molar-refractivity contribution in [1.82, 2.24) is 0 Å². The molecule has 0 unspecified atom stereocenters. The van der Waals surface area contributed by atoms with E-state index in [1.807, 2.05) is 18.2 Å². The Balaban J connectivity index is 2.47.